The second-order valence-electron chi connectivity index (χ2n) is 3.81. The lowest BCUT2D eigenvalue weighted by molar-refractivity contribution is -0.118. The molecule has 1 amide bonds. The van der Waals surface area contributed by atoms with E-state index in [-0.39, 0.29) is 5.91 Å². The summed E-state index contributed by atoms with van der Waals surface area (Å²) in [6.45, 7) is 0. The number of amides is 1. The van der Waals surface area contributed by atoms with E-state index in [1.807, 2.05) is 43.3 Å². The van der Waals surface area contributed by atoms with Gasteiger partial charge in [-0.3, -0.25) is 9.63 Å². The van der Waals surface area contributed by atoms with Gasteiger partial charge in [-0.1, -0.05) is 18.2 Å². The third-order valence-electron chi connectivity index (χ3n) is 2.40. The van der Waals surface area contributed by atoms with Crippen molar-refractivity contribution in [3.63, 3.8) is 0 Å². The zero-order chi connectivity index (χ0) is 11.7. The van der Waals surface area contributed by atoms with Gasteiger partial charge in [0.2, 0.25) is 0 Å². The normalized spacial score (nSPS) is 16.8. The van der Waals surface area contributed by atoms with Crippen LogP contribution in [0.3, 0.4) is 0 Å². The molecule has 1 heterocycles. The molecule has 4 nitrogen and oxygen atoms in total. The zero-order valence-corrected chi connectivity index (χ0v) is 9.60. The molecular weight excluding hydrogens is 204 g/mol. The van der Waals surface area contributed by atoms with E-state index in [0.717, 1.165) is 11.3 Å². The van der Waals surface area contributed by atoms with Crippen LogP contribution in [-0.2, 0) is 9.63 Å². The number of hydrogen-bond acceptors (Lipinski definition) is 3. The van der Waals surface area contributed by atoms with Crippen LogP contribution in [0.2, 0.25) is 0 Å². The topological polar surface area (TPSA) is 32.8 Å². The predicted octanol–water partition coefficient (Wildman–Crippen LogP) is 1.50. The van der Waals surface area contributed by atoms with Crippen LogP contribution in [0, 0.1) is 0 Å². The third kappa shape index (κ3) is 1.57. The van der Waals surface area contributed by atoms with Gasteiger partial charge in [-0.2, -0.15) is 5.06 Å². The van der Waals surface area contributed by atoms with Gasteiger partial charge in [0.1, 0.15) is 0 Å². The summed E-state index contributed by atoms with van der Waals surface area (Å²) in [4.78, 5) is 19.0. The molecule has 0 aromatic heterocycles. The van der Waals surface area contributed by atoms with Gasteiger partial charge in [-0.15, -0.1) is 0 Å². The minimum absolute atomic E-state index is 0.127. The summed E-state index contributed by atoms with van der Waals surface area (Å²) in [6.07, 6.45) is 1.81. The molecule has 16 heavy (non-hydrogen) atoms. The maximum atomic E-state index is 12.0. The van der Waals surface area contributed by atoms with Crippen LogP contribution in [0.15, 0.2) is 30.5 Å². The molecule has 4 heteroatoms. The summed E-state index contributed by atoms with van der Waals surface area (Å²) in [5, 5.41) is 1.31. The Labute approximate surface area is 94.7 Å². The minimum atomic E-state index is -0.127. The van der Waals surface area contributed by atoms with Gasteiger partial charge < -0.3 is 4.90 Å². The van der Waals surface area contributed by atoms with Crippen LogP contribution in [0.5, 0.6) is 0 Å². The summed E-state index contributed by atoms with van der Waals surface area (Å²) in [5.41, 5.74) is 2.36. The molecule has 0 bridgehead atoms. The van der Waals surface area contributed by atoms with Gasteiger partial charge in [0.15, 0.2) is 0 Å². The van der Waals surface area contributed by atoms with Gasteiger partial charge >= 0.3 is 0 Å². The second kappa shape index (κ2) is 3.98. The first-order valence-corrected chi connectivity index (χ1v) is 5.01. The Hall–Kier alpha value is -1.81. The number of carbonyl (C=O) groups excluding carboxylic acids is 1. The van der Waals surface area contributed by atoms with E-state index < -0.39 is 0 Å². The van der Waals surface area contributed by atoms with E-state index in [0.29, 0.717) is 5.57 Å². The molecule has 0 fully saturated rings. The summed E-state index contributed by atoms with van der Waals surface area (Å²) >= 11 is 0. The fraction of sp³-hybridized carbons (Fsp3) is 0.250. The van der Waals surface area contributed by atoms with Crippen molar-refractivity contribution in [2.45, 2.75) is 0 Å². The smallest absolute Gasteiger partial charge is 0.284 e. The Bertz CT molecular complexity index is 452. The second-order valence-corrected chi connectivity index (χ2v) is 3.81. The SMILES string of the molecule is CON1C(=O)/C(=C/N(C)C)c2ccccc21. The van der Waals surface area contributed by atoms with E-state index in [2.05, 4.69) is 0 Å². The molecule has 0 saturated carbocycles. The Kier molecular flexibility index (Phi) is 2.66. The van der Waals surface area contributed by atoms with Crippen LogP contribution in [0.1, 0.15) is 5.56 Å². The van der Waals surface area contributed by atoms with Crippen molar-refractivity contribution >= 4 is 17.2 Å². The maximum absolute atomic E-state index is 12.0. The summed E-state index contributed by atoms with van der Waals surface area (Å²) < 4.78 is 0. The molecule has 1 aromatic carbocycles. The van der Waals surface area contributed by atoms with Crippen molar-refractivity contribution in [3.8, 4) is 0 Å². The monoisotopic (exact) mass is 218 g/mol. The average Bonchev–Trinajstić information content (AvgIpc) is 2.52. The highest BCUT2D eigenvalue weighted by Gasteiger charge is 2.32. The van der Waals surface area contributed by atoms with Gasteiger partial charge in [0.05, 0.1) is 18.4 Å². The molecular formula is C12H14N2O2. The molecule has 0 saturated heterocycles. The summed E-state index contributed by atoms with van der Waals surface area (Å²) in [6, 6.07) is 7.58. The van der Waals surface area contributed by atoms with Gasteiger partial charge in [0.25, 0.3) is 5.91 Å². The molecule has 1 aliphatic heterocycles. The number of anilines is 1. The number of rotatable bonds is 2. The largest absolute Gasteiger partial charge is 0.383 e. The van der Waals surface area contributed by atoms with E-state index in [4.69, 9.17) is 4.84 Å². The highest BCUT2D eigenvalue weighted by atomic mass is 16.7. The minimum Gasteiger partial charge on any atom is -0.383 e. The average molecular weight is 218 g/mol. The first kappa shape index (κ1) is 10.7. The number of benzene rings is 1. The molecule has 0 unspecified atom stereocenters. The van der Waals surface area contributed by atoms with Crippen molar-refractivity contribution < 1.29 is 9.63 Å². The molecule has 0 radical (unpaired) electrons. The molecule has 0 aliphatic carbocycles. The Morgan fingerprint density at radius 3 is 2.62 bits per heavy atom. The highest BCUT2D eigenvalue weighted by Crippen LogP contribution is 2.36. The number of nitrogens with zero attached hydrogens (tertiary/aromatic N) is 2. The highest BCUT2D eigenvalue weighted by molar-refractivity contribution is 6.31. The van der Waals surface area contributed by atoms with Crippen molar-refractivity contribution in [2.24, 2.45) is 0 Å². The van der Waals surface area contributed by atoms with Gasteiger partial charge in [-0.05, 0) is 6.07 Å². The third-order valence-corrected chi connectivity index (χ3v) is 2.40. The molecule has 0 spiro atoms. The van der Waals surface area contributed by atoms with Crippen molar-refractivity contribution in [2.75, 3.05) is 26.3 Å². The Morgan fingerprint density at radius 2 is 2.00 bits per heavy atom. The molecule has 84 valence electrons. The summed E-state index contributed by atoms with van der Waals surface area (Å²) in [5.74, 6) is -0.127. The number of hydrogen-bond donors (Lipinski definition) is 0. The first-order valence-electron chi connectivity index (χ1n) is 5.01. The summed E-state index contributed by atoms with van der Waals surface area (Å²) in [7, 11) is 5.27. The van der Waals surface area contributed by atoms with E-state index in [1.165, 1.54) is 12.2 Å². The molecule has 0 atom stereocenters. The van der Waals surface area contributed by atoms with E-state index in [9.17, 15) is 4.79 Å². The van der Waals surface area contributed by atoms with Crippen molar-refractivity contribution in [1.29, 1.82) is 0 Å². The van der Waals surface area contributed by atoms with Gasteiger partial charge in [0, 0.05) is 25.9 Å². The fourth-order valence-corrected chi connectivity index (χ4v) is 1.78. The molecule has 1 aliphatic rings. The van der Waals surface area contributed by atoms with Crippen LogP contribution in [0.4, 0.5) is 5.69 Å². The first-order chi connectivity index (χ1) is 7.65. The van der Waals surface area contributed by atoms with E-state index >= 15 is 0 Å². The zero-order valence-electron chi connectivity index (χ0n) is 9.60. The lowest BCUT2D eigenvalue weighted by Gasteiger charge is -2.12. The maximum Gasteiger partial charge on any atom is 0.284 e. The van der Waals surface area contributed by atoms with Crippen LogP contribution >= 0.6 is 0 Å². The quantitative estimate of drug-likeness (QED) is 0.705. The molecule has 1 aromatic rings. The number of fused-ring (bicyclic) bond motifs is 1. The van der Waals surface area contributed by atoms with Gasteiger partial charge in [-0.25, -0.2) is 0 Å². The van der Waals surface area contributed by atoms with Crippen LogP contribution in [-0.4, -0.2) is 32.0 Å². The number of para-hydroxylation sites is 1. The standard InChI is InChI=1S/C12H14N2O2/c1-13(2)8-10-9-6-4-5-7-11(9)14(16-3)12(10)15/h4-8H,1-3H3/b10-8+. The lowest BCUT2D eigenvalue weighted by Crippen LogP contribution is -2.25. The predicted molar refractivity (Wildman–Crippen MR) is 62.6 cm³/mol. The number of carbonyl (C=O) groups is 1. The van der Waals surface area contributed by atoms with E-state index in [1.54, 1.807) is 6.20 Å². The fourth-order valence-electron chi connectivity index (χ4n) is 1.78. The van der Waals surface area contributed by atoms with Crippen LogP contribution in [0.25, 0.3) is 5.57 Å². The number of hydroxylamine groups is 1. The molecule has 2 rings (SSSR count). The Morgan fingerprint density at radius 1 is 1.31 bits per heavy atom. The van der Waals surface area contributed by atoms with Crippen molar-refractivity contribution in [3.05, 3.63) is 36.0 Å². The lowest BCUT2D eigenvalue weighted by atomic mass is 10.1. The molecule has 0 N–H and O–H groups in total. The van der Waals surface area contributed by atoms with Crippen molar-refractivity contribution in [1.82, 2.24) is 4.90 Å². The van der Waals surface area contributed by atoms with Crippen LogP contribution < -0.4 is 5.06 Å². The Balaban J connectivity index is 2.55.